The molecule has 1 aliphatic heterocycles. The van der Waals surface area contributed by atoms with Crippen LogP contribution in [0.15, 0.2) is 78.3 Å². The van der Waals surface area contributed by atoms with Crippen LogP contribution in [0.3, 0.4) is 0 Å². The van der Waals surface area contributed by atoms with Gasteiger partial charge in [-0.3, -0.25) is 4.79 Å². The van der Waals surface area contributed by atoms with Crippen molar-refractivity contribution in [1.82, 2.24) is 14.8 Å². The summed E-state index contributed by atoms with van der Waals surface area (Å²) in [5.41, 5.74) is 2.60. The first-order chi connectivity index (χ1) is 18.9. The standard InChI is InChI=1S/C28H25ClFN5O4/c1-16-25(27(36)34-23-12-11-19(37-2)13-24(23)38-3)26(35-28(33-16)31-15-32-35)17-7-9-18(10-8-17)39-14-20-21(29)5-4-6-22(20)30/h4-13,15,26H,14H2,1-3H3,(H,34,36)(H,31,32,33)/t26-/m0/s1. The Bertz CT molecular complexity index is 1530. The lowest BCUT2D eigenvalue weighted by atomic mass is 9.95. The fraction of sp³-hybridized carbons (Fsp3) is 0.179. The zero-order chi connectivity index (χ0) is 27.5. The van der Waals surface area contributed by atoms with E-state index in [1.54, 1.807) is 61.2 Å². The van der Waals surface area contributed by atoms with E-state index in [4.69, 9.17) is 25.8 Å². The third-order valence-electron chi connectivity index (χ3n) is 6.34. The van der Waals surface area contributed by atoms with E-state index >= 15 is 0 Å². The Morgan fingerprint density at radius 1 is 1.10 bits per heavy atom. The predicted molar refractivity (Wildman–Crippen MR) is 145 cm³/mol. The van der Waals surface area contributed by atoms with Gasteiger partial charge in [-0.1, -0.05) is 29.8 Å². The monoisotopic (exact) mass is 549 g/mol. The number of nitrogens with one attached hydrogen (secondary N) is 2. The number of ether oxygens (including phenoxy) is 3. The van der Waals surface area contributed by atoms with Crippen LogP contribution in [0.1, 0.15) is 24.1 Å². The van der Waals surface area contributed by atoms with Crippen LogP contribution >= 0.6 is 11.6 Å². The highest BCUT2D eigenvalue weighted by Crippen LogP contribution is 2.37. The maximum absolute atomic E-state index is 14.1. The fourth-order valence-corrected chi connectivity index (χ4v) is 4.57. The minimum absolute atomic E-state index is 0.0260. The molecule has 2 N–H and O–H groups in total. The number of rotatable bonds is 8. The van der Waals surface area contributed by atoms with E-state index in [9.17, 15) is 9.18 Å². The Hall–Kier alpha value is -4.57. The van der Waals surface area contributed by atoms with E-state index in [2.05, 4.69) is 20.7 Å². The first kappa shape index (κ1) is 26.1. The SMILES string of the molecule is COc1ccc(NC(=O)C2=C(C)Nc3ncnn3[C@H]2c2ccc(OCc3c(F)cccc3Cl)cc2)c(OC)c1. The lowest BCUT2D eigenvalue weighted by molar-refractivity contribution is -0.113. The van der Waals surface area contributed by atoms with Gasteiger partial charge in [0.25, 0.3) is 5.91 Å². The van der Waals surface area contributed by atoms with Gasteiger partial charge in [0.2, 0.25) is 5.95 Å². The number of fused-ring (bicyclic) bond motifs is 1. The number of anilines is 2. The van der Waals surface area contributed by atoms with Crippen LogP contribution in [0, 0.1) is 5.82 Å². The molecule has 0 radical (unpaired) electrons. The van der Waals surface area contributed by atoms with Crippen molar-refractivity contribution in [2.24, 2.45) is 0 Å². The van der Waals surface area contributed by atoms with Crippen molar-refractivity contribution < 1.29 is 23.4 Å². The number of halogens is 2. The van der Waals surface area contributed by atoms with Crippen LogP contribution < -0.4 is 24.8 Å². The van der Waals surface area contributed by atoms with E-state index in [0.29, 0.717) is 45.2 Å². The highest BCUT2D eigenvalue weighted by Gasteiger charge is 2.33. The molecule has 4 aromatic rings. The summed E-state index contributed by atoms with van der Waals surface area (Å²) in [6, 6.07) is 16.2. The molecule has 5 rings (SSSR count). The summed E-state index contributed by atoms with van der Waals surface area (Å²) >= 11 is 6.11. The summed E-state index contributed by atoms with van der Waals surface area (Å²) < 4.78 is 32.2. The van der Waals surface area contributed by atoms with Crippen LogP contribution in [-0.4, -0.2) is 34.9 Å². The van der Waals surface area contributed by atoms with Crippen molar-refractivity contribution in [2.45, 2.75) is 19.6 Å². The Balaban J connectivity index is 1.42. The highest BCUT2D eigenvalue weighted by molar-refractivity contribution is 6.31. The first-order valence-electron chi connectivity index (χ1n) is 12.0. The summed E-state index contributed by atoms with van der Waals surface area (Å²) in [6.07, 6.45) is 1.42. The minimum Gasteiger partial charge on any atom is -0.497 e. The molecule has 0 spiro atoms. The topological polar surface area (TPSA) is 99.5 Å². The van der Waals surface area contributed by atoms with E-state index in [1.807, 2.05) is 12.1 Å². The number of hydrogen-bond donors (Lipinski definition) is 2. The Morgan fingerprint density at radius 2 is 1.87 bits per heavy atom. The number of allylic oxidation sites excluding steroid dienone is 1. The molecule has 1 aliphatic rings. The van der Waals surface area contributed by atoms with E-state index in [0.717, 1.165) is 5.56 Å². The molecule has 1 atom stereocenters. The lowest BCUT2D eigenvalue weighted by Gasteiger charge is -2.29. The van der Waals surface area contributed by atoms with E-state index in [1.165, 1.54) is 19.5 Å². The summed E-state index contributed by atoms with van der Waals surface area (Å²) in [7, 11) is 3.08. The van der Waals surface area contributed by atoms with Crippen LogP contribution in [-0.2, 0) is 11.4 Å². The van der Waals surface area contributed by atoms with Gasteiger partial charge in [-0.2, -0.15) is 10.1 Å². The van der Waals surface area contributed by atoms with Crippen LogP contribution in [0.5, 0.6) is 17.2 Å². The van der Waals surface area contributed by atoms with Gasteiger partial charge < -0.3 is 24.8 Å². The minimum atomic E-state index is -0.581. The fourth-order valence-electron chi connectivity index (χ4n) is 4.36. The van der Waals surface area contributed by atoms with Gasteiger partial charge >= 0.3 is 0 Å². The highest BCUT2D eigenvalue weighted by atomic mass is 35.5. The van der Waals surface area contributed by atoms with Gasteiger partial charge in [0, 0.05) is 17.3 Å². The molecule has 0 aliphatic carbocycles. The van der Waals surface area contributed by atoms with Gasteiger partial charge in [-0.15, -0.1) is 0 Å². The van der Waals surface area contributed by atoms with Crippen LogP contribution in [0.2, 0.25) is 5.02 Å². The molecule has 9 nitrogen and oxygen atoms in total. The molecule has 3 aromatic carbocycles. The number of amides is 1. The normalized spacial score (nSPS) is 14.3. The molecule has 200 valence electrons. The van der Waals surface area contributed by atoms with Gasteiger partial charge in [0.05, 0.1) is 30.5 Å². The third kappa shape index (κ3) is 5.23. The second kappa shape index (κ2) is 11.0. The molecule has 0 saturated heterocycles. The number of benzene rings is 3. The first-order valence-corrected chi connectivity index (χ1v) is 12.3. The molecule has 0 bridgehead atoms. The van der Waals surface area contributed by atoms with Gasteiger partial charge in [-0.25, -0.2) is 9.07 Å². The van der Waals surface area contributed by atoms with E-state index in [-0.39, 0.29) is 18.1 Å². The van der Waals surface area contributed by atoms with Crippen molar-refractivity contribution in [3.63, 3.8) is 0 Å². The molecular formula is C28H25ClFN5O4. The van der Waals surface area contributed by atoms with Crippen molar-refractivity contribution in [2.75, 3.05) is 24.9 Å². The molecule has 0 unspecified atom stereocenters. The van der Waals surface area contributed by atoms with Crippen molar-refractivity contribution in [1.29, 1.82) is 0 Å². The number of nitrogens with zero attached hydrogens (tertiary/aromatic N) is 3. The zero-order valence-corrected chi connectivity index (χ0v) is 22.1. The maximum Gasteiger partial charge on any atom is 0.255 e. The lowest BCUT2D eigenvalue weighted by Crippen LogP contribution is -2.31. The van der Waals surface area contributed by atoms with Gasteiger partial charge in [0.15, 0.2) is 0 Å². The largest absolute Gasteiger partial charge is 0.497 e. The summed E-state index contributed by atoms with van der Waals surface area (Å²) in [5, 5.41) is 10.8. The average Bonchev–Trinajstić information content (AvgIpc) is 3.40. The third-order valence-corrected chi connectivity index (χ3v) is 6.69. The quantitative estimate of drug-likeness (QED) is 0.295. The number of aromatic nitrogens is 3. The maximum atomic E-state index is 14.1. The smallest absolute Gasteiger partial charge is 0.255 e. The van der Waals surface area contributed by atoms with Crippen LogP contribution in [0.4, 0.5) is 16.0 Å². The van der Waals surface area contributed by atoms with Gasteiger partial charge in [0.1, 0.15) is 42.0 Å². The molecule has 39 heavy (non-hydrogen) atoms. The molecule has 1 aromatic heterocycles. The number of carbonyl (C=O) groups is 1. The van der Waals surface area contributed by atoms with Crippen molar-refractivity contribution >= 4 is 29.1 Å². The molecule has 11 heteroatoms. The predicted octanol–water partition coefficient (Wildman–Crippen LogP) is 5.59. The Labute approximate surface area is 229 Å². The second-order valence-corrected chi connectivity index (χ2v) is 9.08. The Morgan fingerprint density at radius 3 is 2.59 bits per heavy atom. The molecule has 0 saturated carbocycles. The number of hydrogen-bond acceptors (Lipinski definition) is 7. The van der Waals surface area contributed by atoms with Crippen molar-refractivity contribution in [3.8, 4) is 17.2 Å². The average molecular weight is 550 g/mol. The summed E-state index contributed by atoms with van der Waals surface area (Å²) in [5.74, 6) is 1.30. The zero-order valence-electron chi connectivity index (χ0n) is 21.4. The molecular weight excluding hydrogens is 525 g/mol. The van der Waals surface area contributed by atoms with Crippen molar-refractivity contribution in [3.05, 3.63) is 100 Å². The molecule has 2 heterocycles. The van der Waals surface area contributed by atoms with Gasteiger partial charge in [-0.05, 0) is 48.9 Å². The van der Waals surface area contributed by atoms with E-state index < -0.39 is 11.9 Å². The molecule has 1 amide bonds. The molecule has 0 fully saturated rings. The van der Waals surface area contributed by atoms with Crippen LogP contribution in [0.25, 0.3) is 0 Å². The Kier molecular flexibility index (Phi) is 7.38. The number of methoxy groups -OCH3 is 2. The number of carbonyl (C=O) groups excluding carboxylic acids is 1. The second-order valence-electron chi connectivity index (χ2n) is 8.67. The summed E-state index contributed by atoms with van der Waals surface area (Å²) in [4.78, 5) is 17.9. The summed E-state index contributed by atoms with van der Waals surface area (Å²) in [6.45, 7) is 1.78.